The van der Waals surface area contributed by atoms with Gasteiger partial charge in [0.1, 0.15) is 17.0 Å². The summed E-state index contributed by atoms with van der Waals surface area (Å²) in [7, 11) is 3.14. The van der Waals surface area contributed by atoms with Gasteiger partial charge >= 0.3 is 0 Å². The number of hydrogen-bond donors (Lipinski definition) is 2. The van der Waals surface area contributed by atoms with Crippen LogP contribution in [0.4, 0.5) is 10.2 Å². The first-order valence-corrected chi connectivity index (χ1v) is 10.3. The number of H-pyrrole nitrogens is 1. The molecular weight excluding hydrogens is 399 g/mol. The largest absolute Gasteiger partial charge is 0.493 e. The Morgan fingerprint density at radius 3 is 2.45 bits per heavy atom. The van der Waals surface area contributed by atoms with E-state index in [2.05, 4.69) is 10.4 Å². The highest BCUT2D eigenvalue weighted by Crippen LogP contribution is 2.36. The van der Waals surface area contributed by atoms with Gasteiger partial charge in [0, 0.05) is 17.5 Å². The minimum atomic E-state index is -0.361. The van der Waals surface area contributed by atoms with Crippen molar-refractivity contribution in [1.82, 2.24) is 14.8 Å². The van der Waals surface area contributed by atoms with Crippen LogP contribution in [0.1, 0.15) is 25.7 Å². The van der Waals surface area contributed by atoms with Crippen LogP contribution < -0.4 is 20.3 Å². The summed E-state index contributed by atoms with van der Waals surface area (Å²) in [6.07, 6.45) is 4.41. The van der Waals surface area contributed by atoms with Crippen molar-refractivity contribution < 1.29 is 13.9 Å². The van der Waals surface area contributed by atoms with Crippen molar-refractivity contribution in [3.63, 3.8) is 0 Å². The van der Waals surface area contributed by atoms with E-state index >= 15 is 0 Å². The van der Waals surface area contributed by atoms with Gasteiger partial charge in [0.2, 0.25) is 0 Å². The van der Waals surface area contributed by atoms with Crippen LogP contribution in [0.25, 0.3) is 27.5 Å². The molecule has 1 fully saturated rings. The maximum absolute atomic E-state index is 13.4. The van der Waals surface area contributed by atoms with Crippen molar-refractivity contribution in [2.45, 2.75) is 31.7 Å². The van der Waals surface area contributed by atoms with E-state index in [1.165, 1.54) is 16.8 Å². The van der Waals surface area contributed by atoms with Crippen LogP contribution in [0.15, 0.2) is 41.2 Å². The van der Waals surface area contributed by atoms with Crippen LogP contribution >= 0.6 is 0 Å². The number of aromatic nitrogens is 3. The Morgan fingerprint density at radius 1 is 1.10 bits per heavy atom. The van der Waals surface area contributed by atoms with E-state index in [0.29, 0.717) is 39.4 Å². The lowest BCUT2D eigenvalue weighted by molar-refractivity contribution is 0.356. The molecule has 5 rings (SSSR count). The number of fused-ring (bicyclic) bond motifs is 3. The maximum atomic E-state index is 13.4. The first-order valence-electron chi connectivity index (χ1n) is 10.3. The fourth-order valence-electron chi connectivity index (χ4n) is 4.33. The van der Waals surface area contributed by atoms with Crippen LogP contribution in [0.5, 0.6) is 11.5 Å². The maximum Gasteiger partial charge on any atom is 0.282 e. The van der Waals surface area contributed by atoms with Gasteiger partial charge in [-0.05, 0) is 43.2 Å². The van der Waals surface area contributed by atoms with Crippen LogP contribution in [-0.4, -0.2) is 35.0 Å². The molecule has 0 saturated heterocycles. The van der Waals surface area contributed by atoms with E-state index in [-0.39, 0.29) is 17.4 Å². The molecule has 7 nitrogen and oxygen atoms in total. The smallest absolute Gasteiger partial charge is 0.282 e. The molecule has 1 aliphatic rings. The molecule has 4 aromatic rings. The molecular formula is C23H23FN4O3. The van der Waals surface area contributed by atoms with Crippen LogP contribution in [-0.2, 0) is 0 Å². The van der Waals surface area contributed by atoms with E-state index in [0.717, 1.165) is 31.1 Å². The van der Waals surface area contributed by atoms with Crippen molar-refractivity contribution in [3.8, 4) is 17.2 Å². The van der Waals surface area contributed by atoms with E-state index in [1.54, 1.807) is 32.4 Å². The first-order chi connectivity index (χ1) is 15.1. The van der Waals surface area contributed by atoms with Crippen molar-refractivity contribution >= 4 is 27.6 Å². The van der Waals surface area contributed by atoms with Crippen molar-refractivity contribution in [1.29, 1.82) is 0 Å². The van der Waals surface area contributed by atoms with Gasteiger partial charge in [0.25, 0.3) is 5.56 Å². The molecule has 0 aliphatic heterocycles. The summed E-state index contributed by atoms with van der Waals surface area (Å²) in [5.41, 5.74) is 1.62. The average molecular weight is 422 g/mol. The molecule has 31 heavy (non-hydrogen) atoms. The zero-order valence-electron chi connectivity index (χ0n) is 17.4. The van der Waals surface area contributed by atoms with Gasteiger partial charge in [-0.3, -0.25) is 9.89 Å². The summed E-state index contributed by atoms with van der Waals surface area (Å²) < 4.78 is 25.7. The van der Waals surface area contributed by atoms with Crippen molar-refractivity contribution in [3.05, 3.63) is 52.6 Å². The van der Waals surface area contributed by atoms with Gasteiger partial charge in [-0.15, -0.1) is 0 Å². The molecule has 2 heterocycles. The highest BCUT2D eigenvalue weighted by atomic mass is 19.1. The first kappa shape index (κ1) is 19.4. The number of anilines is 1. The highest BCUT2D eigenvalue weighted by molar-refractivity contribution is 6.08. The molecule has 1 aliphatic carbocycles. The number of pyridine rings is 1. The number of halogens is 1. The Bertz CT molecular complexity index is 1320. The molecule has 0 radical (unpaired) electrons. The predicted molar refractivity (Wildman–Crippen MR) is 118 cm³/mol. The Hall–Kier alpha value is -3.55. The minimum Gasteiger partial charge on any atom is -0.493 e. The predicted octanol–water partition coefficient (Wildman–Crippen LogP) is 4.38. The van der Waals surface area contributed by atoms with E-state index in [1.807, 2.05) is 6.07 Å². The molecule has 1 saturated carbocycles. The molecule has 0 amide bonds. The molecule has 0 spiro atoms. The standard InChI is InChI=1S/C23H23FN4O3/c1-30-18-11-16-17(12-19(18)31-2)26-22(25-14-5-3-4-6-14)20-21(16)27-28(23(20)29)15-9-7-13(24)8-10-15/h7-12,14,27H,3-6H2,1-2H3,(H,25,26). The third-order valence-electron chi connectivity index (χ3n) is 5.91. The third-order valence-corrected chi connectivity index (χ3v) is 5.91. The fourth-order valence-corrected chi connectivity index (χ4v) is 4.33. The summed E-state index contributed by atoms with van der Waals surface area (Å²) >= 11 is 0. The highest BCUT2D eigenvalue weighted by Gasteiger charge is 2.22. The van der Waals surface area contributed by atoms with E-state index in [4.69, 9.17) is 14.5 Å². The van der Waals surface area contributed by atoms with Crippen molar-refractivity contribution in [2.75, 3.05) is 19.5 Å². The number of aromatic amines is 1. The number of rotatable bonds is 5. The SMILES string of the molecule is COc1cc2nc(NC3CCCC3)c3c(=O)n(-c4ccc(F)cc4)[nH]c3c2cc1OC. The second-order valence-electron chi connectivity index (χ2n) is 7.79. The lowest BCUT2D eigenvalue weighted by Gasteiger charge is -2.15. The summed E-state index contributed by atoms with van der Waals surface area (Å²) in [5, 5.41) is 7.89. The number of ether oxygens (including phenoxy) is 2. The molecule has 2 aromatic heterocycles. The molecule has 0 atom stereocenters. The number of nitrogens with zero attached hydrogens (tertiary/aromatic N) is 2. The monoisotopic (exact) mass is 422 g/mol. The summed E-state index contributed by atoms with van der Waals surface area (Å²) in [5.74, 6) is 1.29. The summed E-state index contributed by atoms with van der Waals surface area (Å²) in [6.45, 7) is 0. The Morgan fingerprint density at radius 2 is 1.77 bits per heavy atom. The second kappa shape index (κ2) is 7.61. The normalized spacial score (nSPS) is 14.4. The van der Waals surface area contributed by atoms with Crippen LogP contribution in [0.2, 0.25) is 0 Å². The Balaban J connectivity index is 1.80. The van der Waals surface area contributed by atoms with Gasteiger partial charge in [0.15, 0.2) is 11.5 Å². The molecule has 160 valence electrons. The fraction of sp³-hybridized carbons (Fsp3) is 0.304. The second-order valence-corrected chi connectivity index (χ2v) is 7.79. The van der Waals surface area contributed by atoms with Gasteiger partial charge in [-0.1, -0.05) is 12.8 Å². The zero-order chi connectivity index (χ0) is 21.5. The van der Waals surface area contributed by atoms with E-state index in [9.17, 15) is 9.18 Å². The third kappa shape index (κ3) is 3.28. The van der Waals surface area contributed by atoms with Crippen molar-refractivity contribution in [2.24, 2.45) is 0 Å². The van der Waals surface area contributed by atoms with Gasteiger partial charge in [-0.2, -0.15) is 0 Å². The van der Waals surface area contributed by atoms with Gasteiger partial charge < -0.3 is 14.8 Å². The topological polar surface area (TPSA) is 81.2 Å². The zero-order valence-corrected chi connectivity index (χ0v) is 17.4. The molecule has 8 heteroatoms. The number of methoxy groups -OCH3 is 2. The quantitative estimate of drug-likeness (QED) is 0.499. The molecule has 0 bridgehead atoms. The van der Waals surface area contributed by atoms with E-state index < -0.39 is 0 Å². The number of hydrogen-bond acceptors (Lipinski definition) is 5. The molecule has 2 N–H and O–H groups in total. The van der Waals surface area contributed by atoms with Gasteiger partial charge in [0.05, 0.1) is 30.9 Å². The molecule has 2 aromatic carbocycles. The molecule has 0 unspecified atom stereocenters. The average Bonchev–Trinajstić information content (AvgIpc) is 3.41. The summed E-state index contributed by atoms with van der Waals surface area (Å²) in [4.78, 5) is 18.2. The summed E-state index contributed by atoms with van der Waals surface area (Å²) in [6, 6.07) is 9.69. The van der Waals surface area contributed by atoms with Crippen LogP contribution in [0.3, 0.4) is 0 Å². The lowest BCUT2D eigenvalue weighted by Crippen LogP contribution is -2.19. The number of benzene rings is 2. The lowest BCUT2D eigenvalue weighted by atomic mass is 10.1. The minimum absolute atomic E-state index is 0.244. The number of nitrogens with one attached hydrogen (secondary N) is 2. The van der Waals surface area contributed by atoms with Crippen LogP contribution in [0, 0.1) is 5.82 Å². The van der Waals surface area contributed by atoms with Gasteiger partial charge in [-0.25, -0.2) is 14.1 Å². The Kier molecular flexibility index (Phi) is 4.77. The Labute approximate surface area is 177 Å².